The molecule has 0 aliphatic rings. The molecule has 0 spiro atoms. The van der Waals surface area contributed by atoms with Crippen LogP contribution in [0.25, 0.3) is 10.9 Å². The number of hydrogen-bond donors (Lipinski definition) is 3. The van der Waals surface area contributed by atoms with Gasteiger partial charge in [-0.1, -0.05) is 12.1 Å². The second-order valence-electron chi connectivity index (χ2n) is 7.80. The summed E-state index contributed by atoms with van der Waals surface area (Å²) in [6.45, 7) is 14.4. The number of H-pyrrole nitrogens is 1. The molecule has 0 saturated heterocycles. The molecule has 1 aromatic carbocycles. The van der Waals surface area contributed by atoms with Crippen molar-refractivity contribution in [1.29, 1.82) is 0 Å². The van der Waals surface area contributed by atoms with Gasteiger partial charge in [0.05, 0.1) is 38.2 Å². The Morgan fingerprint density at radius 1 is 1.27 bits per heavy atom. The lowest BCUT2D eigenvalue weighted by molar-refractivity contribution is -0.895. The fraction of sp³-hybridized carbons (Fsp3) is 0.565. The summed E-state index contributed by atoms with van der Waals surface area (Å²) in [4.78, 5) is 19.6. The zero-order valence-electron chi connectivity index (χ0n) is 19.1. The number of likely N-dealkylation sites (N-methyl/N-ethyl adjacent to an activating group) is 1. The van der Waals surface area contributed by atoms with Gasteiger partial charge in [0.15, 0.2) is 5.11 Å². The predicted molar refractivity (Wildman–Crippen MR) is 128 cm³/mol. The van der Waals surface area contributed by atoms with Gasteiger partial charge in [-0.05, 0) is 68.9 Å². The van der Waals surface area contributed by atoms with Crippen LogP contribution in [0.3, 0.4) is 0 Å². The molecule has 1 aromatic heterocycles. The number of hydrogen-bond acceptors (Lipinski definition) is 3. The topological polar surface area (TPSA) is 61.8 Å². The lowest BCUT2D eigenvalue weighted by Gasteiger charge is -2.27. The maximum absolute atomic E-state index is 12.8. The summed E-state index contributed by atoms with van der Waals surface area (Å²) in [5, 5.41) is 5.08. The highest BCUT2D eigenvalue weighted by atomic mass is 32.1. The van der Waals surface area contributed by atoms with E-state index in [2.05, 4.69) is 48.1 Å². The van der Waals surface area contributed by atoms with E-state index in [0.717, 1.165) is 61.2 Å². The van der Waals surface area contributed by atoms with Gasteiger partial charge in [0.25, 0.3) is 5.56 Å². The molecule has 0 bridgehead atoms. The summed E-state index contributed by atoms with van der Waals surface area (Å²) in [7, 11) is 1.70. The van der Waals surface area contributed by atoms with E-state index in [4.69, 9.17) is 17.0 Å². The molecule has 7 heteroatoms. The van der Waals surface area contributed by atoms with Crippen molar-refractivity contribution in [3.05, 3.63) is 45.2 Å². The van der Waals surface area contributed by atoms with E-state index in [-0.39, 0.29) is 5.56 Å². The summed E-state index contributed by atoms with van der Waals surface area (Å²) < 4.78 is 5.12. The van der Waals surface area contributed by atoms with Crippen LogP contribution in [0, 0.1) is 13.8 Å². The third-order valence-electron chi connectivity index (χ3n) is 5.81. The van der Waals surface area contributed by atoms with Crippen molar-refractivity contribution in [2.24, 2.45) is 0 Å². The minimum absolute atomic E-state index is 0.0430. The first-order valence-electron chi connectivity index (χ1n) is 10.9. The minimum atomic E-state index is -0.0430. The summed E-state index contributed by atoms with van der Waals surface area (Å²) in [6.07, 6.45) is 0.890. The zero-order chi connectivity index (χ0) is 22.1. The van der Waals surface area contributed by atoms with Crippen molar-refractivity contribution in [2.45, 2.75) is 40.7 Å². The van der Waals surface area contributed by atoms with Crippen LogP contribution in [-0.4, -0.2) is 61.4 Å². The second kappa shape index (κ2) is 12.0. The van der Waals surface area contributed by atoms with Crippen molar-refractivity contribution < 1.29 is 9.64 Å². The van der Waals surface area contributed by atoms with Gasteiger partial charge in [-0.2, -0.15) is 0 Å². The van der Waals surface area contributed by atoms with Gasteiger partial charge < -0.3 is 24.8 Å². The van der Waals surface area contributed by atoms with Crippen LogP contribution in [-0.2, 0) is 11.3 Å². The Labute approximate surface area is 185 Å². The Morgan fingerprint density at radius 3 is 2.67 bits per heavy atom. The van der Waals surface area contributed by atoms with Crippen LogP contribution in [0.1, 0.15) is 37.0 Å². The highest BCUT2D eigenvalue weighted by Crippen LogP contribution is 2.19. The molecule has 1 heterocycles. The normalized spacial score (nSPS) is 11.3. The zero-order valence-corrected chi connectivity index (χ0v) is 19.9. The molecule has 0 amide bonds. The quantitative estimate of drug-likeness (QED) is 0.373. The first kappa shape index (κ1) is 24.3. The molecule has 166 valence electrons. The van der Waals surface area contributed by atoms with Crippen LogP contribution in [0.2, 0.25) is 0 Å². The number of pyridine rings is 1. The van der Waals surface area contributed by atoms with Crippen LogP contribution < -0.4 is 15.8 Å². The fourth-order valence-electron chi connectivity index (χ4n) is 3.57. The molecule has 30 heavy (non-hydrogen) atoms. The van der Waals surface area contributed by atoms with Crippen molar-refractivity contribution in [3.63, 3.8) is 0 Å². The van der Waals surface area contributed by atoms with E-state index in [1.165, 1.54) is 10.5 Å². The Morgan fingerprint density at radius 2 is 2.00 bits per heavy atom. The van der Waals surface area contributed by atoms with Gasteiger partial charge in [-0.15, -0.1) is 0 Å². The van der Waals surface area contributed by atoms with Crippen molar-refractivity contribution in [1.82, 2.24) is 15.2 Å². The van der Waals surface area contributed by atoms with E-state index in [1.807, 2.05) is 13.0 Å². The summed E-state index contributed by atoms with van der Waals surface area (Å²) >= 11 is 5.68. The molecule has 0 atom stereocenters. The lowest BCUT2D eigenvalue weighted by Crippen LogP contribution is -3.12. The Bertz CT molecular complexity index is 893. The van der Waals surface area contributed by atoms with Crippen molar-refractivity contribution in [2.75, 3.05) is 46.4 Å². The average molecular weight is 434 g/mol. The third kappa shape index (κ3) is 6.52. The van der Waals surface area contributed by atoms with E-state index in [9.17, 15) is 4.79 Å². The van der Waals surface area contributed by atoms with Crippen LogP contribution >= 0.6 is 12.2 Å². The molecule has 3 N–H and O–H groups in total. The smallest absolute Gasteiger partial charge is 0.253 e. The van der Waals surface area contributed by atoms with Crippen molar-refractivity contribution in [3.8, 4) is 0 Å². The number of ether oxygens (including phenoxy) is 1. The summed E-state index contributed by atoms with van der Waals surface area (Å²) in [5.41, 5.74) is 3.91. The van der Waals surface area contributed by atoms with Gasteiger partial charge in [-0.3, -0.25) is 4.79 Å². The van der Waals surface area contributed by atoms with Gasteiger partial charge in [0, 0.05) is 25.8 Å². The molecule has 6 nitrogen and oxygen atoms in total. The number of aryl methyl sites for hydroxylation is 2. The van der Waals surface area contributed by atoms with E-state index >= 15 is 0 Å². The SMILES string of the molecule is CC[NH+](CC)CCN(Cc1cc2ccc(C)c(C)c2[nH]c1=O)C(=S)NCCCOC. The number of benzene rings is 1. The largest absolute Gasteiger partial charge is 0.385 e. The van der Waals surface area contributed by atoms with E-state index in [0.29, 0.717) is 18.3 Å². The van der Waals surface area contributed by atoms with Crippen LogP contribution in [0.5, 0.6) is 0 Å². The summed E-state index contributed by atoms with van der Waals surface area (Å²) in [5.74, 6) is 0. The van der Waals surface area contributed by atoms with Crippen LogP contribution in [0.4, 0.5) is 0 Å². The Balaban J connectivity index is 2.22. The molecule has 0 aliphatic heterocycles. The average Bonchev–Trinajstić information content (AvgIpc) is 2.74. The molecule has 0 unspecified atom stereocenters. The summed E-state index contributed by atoms with van der Waals surface area (Å²) in [6, 6.07) is 6.18. The maximum Gasteiger partial charge on any atom is 0.253 e. The molecule has 0 radical (unpaired) electrons. The number of thiocarbonyl (C=S) groups is 1. The number of aromatic nitrogens is 1. The predicted octanol–water partition coefficient (Wildman–Crippen LogP) is 1.78. The van der Waals surface area contributed by atoms with E-state index < -0.39 is 0 Å². The molecule has 2 aromatic rings. The van der Waals surface area contributed by atoms with Gasteiger partial charge in [0.2, 0.25) is 0 Å². The minimum Gasteiger partial charge on any atom is -0.385 e. The molecule has 0 fully saturated rings. The van der Waals surface area contributed by atoms with E-state index in [1.54, 1.807) is 7.11 Å². The molecular weight excluding hydrogens is 396 g/mol. The first-order valence-corrected chi connectivity index (χ1v) is 11.3. The molecule has 2 rings (SSSR count). The lowest BCUT2D eigenvalue weighted by atomic mass is 10.0. The number of nitrogens with zero attached hydrogens (tertiary/aromatic N) is 1. The highest BCUT2D eigenvalue weighted by Gasteiger charge is 2.16. The van der Waals surface area contributed by atoms with Gasteiger partial charge in [0.1, 0.15) is 0 Å². The number of rotatable bonds is 11. The molecule has 0 aliphatic carbocycles. The monoisotopic (exact) mass is 433 g/mol. The third-order valence-corrected chi connectivity index (χ3v) is 6.22. The van der Waals surface area contributed by atoms with Gasteiger partial charge >= 0.3 is 0 Å². The number of fused-ring (bicyclic) bond motifs is 1. The standard InChI is InChI=1S/C23H36N4O2S/c1-6-26(7-2)12-13-27(23(30)24-11-8-14-29-5)16-20-15-19-10-9-17(3)18(4)21(19)25-22(20)28/h9-10,15H,6-8,11-14,16H2,1-5H3,(H,24,30)(H,25,28)/p+1. The van der Waals surface area contributed by atoms with Gasteiger partial charge in [-0.25, -0.2) is 0 Å². The highest BCUT2D eigenvalue weighted by molar-refractivity contribution is 7.80. The maximum atomic E-state index is 12.8. The first-order chi connectivity index (χ1) is 14.4. The number of aromatic amines is 1. The molecule has 0 saturated carbocycles. The second-order valence-corrected chi connectivity index (χ2v) is 8.19. The molecular formula is C23H37N4O2S+. The Hall–Kier alpha value is -1.96. The fourth-order valence-corrected chi connectivity index (χ4v) is 3.82. The number of nitrogens with one attached hydrogen (secondary N) is 3. The van der Waals surface area contributed by atoms with Crippen molar-refractivity contribution >= 4 is 28.2 Å². The number of methoxy groups -OCH3 is 1. The van der Waals surface area contributed by atoms with Crippen LogP contribution in [0.15, 0.2) is 23.0 Å². The Kier molecular flexibility index (Phi) is 9.75. The number of quaternary nitrogens is 1.